The van der Waals surface area contributed by atoms with Crippen molar-refractivity contribution in [3.63, 3.8) is 0 Å². The average Bonchev–Trinajstić information content (AvgIpc) is 3.81. The van der Waals surface area contributed by atoms with Crippen LogP contribution in [-0.2, 0) is 0 Å². The fourth-order valence-corrected chi connectivity index (χ4v) is 7.40. The summed E-state index contributed by atoms with van der Waals surface area (Å²) in [5.41, 5.74) is 11.1. The van der Waals surface area contributed by atoms with E-state index in [0.29, 0.717) is 0 Å². The summed E-state index contributed by atoms with van der Waals surface area (Å²) in [5, 5.41) is 7.07. The smallest absolute Gasteiger partial charge is 0.145 e. The summed E-state index contributed by atoms with van der Waals surface area (Å²) in [5.74, 6) is 0. The minimum atomic E-state index is 0.908. The van der Waals surface area contributed by atoms with Gasteiger partial charge in [0.2, 0.25) is 0 Å². The lowest BCUT2D eigenvalue weighted by atomic mass is 10.1. The maximum absolute atomic E-state index is 6.67. The molecule has 0 amide bonds. The SMILES string of the molecule is CC.c1ccc(-c2cccc(-n3c4ccc5c6ccccc6oc5c4c4cccc(-n5c6ccccc6c6ccccc65)c43)c2)cc1. The molecule has 224 valence electrons. The Morgan fingerprint density at radius 2 is 1.04 bits per heavy atom. The van der Waals surface area contributed by atoms with Gasteiger partial charge in [0, 0.05) is 32.6 Å². The molecule has 0 spiro atoms. The standard InChI is InChI=1S/C42H26N2O.C2H6/c1-2-12-27(13-3-1)28-14-10-15-29(26-28)43-37-25-24-33-32-18-6-9-23-39(32)45-42(33)40(37)34-19-11-22-38(41(34)43)44-35-20-7-4-16-30(35)31-17-5-8-21-36(31)44;1-2/h1-26H;1-2H3. The third kappa shape index (κ3) is 4.00. The Morgan fingerprint density at radius 1 is 0.426 bits per heavy atom. The lowest BCUT2D eigenvalue weighted by Crippen LogP contribution is -2.00. The molecule has 3 aromatic heterocycles. The van der Waals surface area contributed by atoms with Crippen molar-refractivity contribution >= 4 is 65.6 Å². The Kier molecular flexibility index (Phi) is 6.26. The van der Waals surface area contributed by atoms with Crippen molar-refractivity contribution in [3.8, 4) is 22.5 Å². The molecular weight excluding hydrogens is 572 g/mol. The van der Waals surface area contributed by atoms with E-state index in [1.54, 1.807) is 0 Å². The summed E-state index contributed by atoms with van der Waals surface area (Å²) in [6.07, 6.45) is 0. The lowest BCUT2D eigenvalue weighted by Gasteiger charge is -2.15. The van der Waals surface area contributed by atoms with Crippen LogP contribution in [0.1, 0.15) is 13.8 Å². The van der Waals surface area contributed by atoms with E-state index in [4.69, 9.17) is 4.42 Å². The molecule has 0 saturated heterocycles. The number of benzene rings is 7. The summed E-state index contributed by atoms with van der Waals surface area (Å²) < 4.78 is 11.5. The fourth-order valence-electron chi connectivity index (χ4n) is 7.40. The molecule has 0 aliphatic carbocycles. The number of hydrogen-bond acceptors (Lipinski definition) is 1. The molecule has 0 unspecified atom stereocenters. The summed E-state index contributed by atoms with van der Waals surface area (Å²) in [7, 11) is 0. The normalized spacial score (nSPS) is 11.6. The molecule has 0 atom stereocenters. The van der Waals surface area contributed by atoms with Crippen molar-refractivity contribution in [2.24, 2.45) is 0 Å². The number of para-hydroxylation sites is 4. The molecule has 3 nitrogen and oxygen atoms in total. The zero-order chi connectivity index (χ0) is 31.5. The van der Waals surface area contributed by atoms with E-state index in [1.165, 1.54) is 38.3 Å². The van der Waals surface area contributed by atoms with E-state index < -0.39 is 0 Å². The van der Waals surface area contributed by atoms with E-state index >= 15 is 0 Å². The predicted octanol–water partition coefficient (Wildman–Crippen LogP) is 12.5. The quantitative estimate of drug-likeness (QED) is 0.197. The number of hydrogen-bond donors (Lipinski definition) is 0. The molecule has 0 aliphatic rings. The second kappa shape index (κ2) is 10.8. The van der Waals surface area contributed by atoms with Gasteiger partial charge in [-0.3, -0.25) is 0 Å². The first-order valence-corrected chi connectivity index (χ1v) is 16.4. The number of nitrogens with zero attached hydrogens (tertiary/aromatic N) is 2. The van der Waals surface area contributed by atoms with E-state index in [0.717, 1.165) is 49.7 Å². The minimum absolute atomic E-state index is 0.908. The molecule has 0 fully saturated rings. The maximum Gasteiger partial charge on any atom is 0.145 e. The first-order valence-electron chi connectivity index (χ1n) is 16.4. The monoisotopic (exact) mass is 604 g/mol. The zero-order valence-electron chi connectivity index (χ0n) is 26.3. The van der Waals surface area contributed by atoms with Gasteiger partial charge in [-0.15, -0.1) is 0 Å². The third-order valence-corrected chi connectivity index (χ3v) is 9.31. The van der Waals surface area contributed by atoms with Crippen molar-refractivity contribution in [2.45, 2.75) is 13.8 Å². The van der Waals surface area contributed by atoms with Crippen molar-refractivity contribution in [3.05, 3.63) is 158 Å². The molecule has 0 bridgehead atoms. The first kappa shape index (κ1) is 27.3. The van der Waals surface area contributed by atoms with Gasteiger partial charge in [0.05, 0.1) is 33.1 Å². The van der Waals surface area contributed by atoms with Crippen LogP contribution >= 0.6 is 0 Å². The van der Waals surface area contributed by atoms with Gasteiger partial charge in [-0.2, -0.15) is 0 Å². The lowest BCUT2D eigenvalue weighted by molar-refractivity contribution is 0.673. The number of furan rings is 1. The van der Waals surface area contributed by atoms with Gasteiger partial charge in [0.1, 0.15) is 11.2 Å². The van der Waals surface area contributed by atoms with Crippen molar-refractivity contribution in [2.75, 3.05) is 0 Å². The second-order valence-electron chi connectivity index (χ2n) is 11.7. The molecule has 10 aromatic rings. The first-order chi connectivity index (χ1) is 23.3. The summed E-state index contributed by atoms with van der Waals surface area (Å²) >= 11 is 0. The van der Waals surface area contributed by atoms with Gasteiger partial charge >= 0.3 is 0 Å². The molecule has 0 N–H and O–H groups in total. The number of fused-ring (bicyclic) bond motifs is 10. The van der Waals surface area contributed by atoms with Crippen LogP contribution in [0, 0.1) is 0 Å². The van der Waals surface area contributed by atoms with Crippen LogP contribution in [0.3, 0.4) is 0 Å². The largest absolute Gasteiger partial charge is 0.455 e. The number of rotatable bonds is 3. The Balaban J connectivity index is 0.00000149. The predicted molar refractivity (Wildman–Crippen MR) is 199 cm³/mol. The molecule has 0 radical (unpaired) electrons. The van der Waals surface area contributed by atoms with Crippen LogP contribution in [0.5, 0.6) is 0 Å². The van der Waals surface area contributed by atoms with Gasteiger partial charge in [0.15, 0.2) is 0 Å². The molecular formula is C44H32N2O. The highest BCUT2D eigenvalue weighted by atomic mass is 16.3. The van der Waals surface area contributed by atoms with Crippen molar-refractivity contribution < 1.29 is 4.42 Å². The van der Waals surface area contributed by atoms with Crippen LogP contribution in [0.15, 0.2) is 162 Å². The highest BCUT2D eigenvalue weighted by molar-refractivity contribution is 6.25. The van der Waals surface area contributed by atoms with Crippen LogP contribution in [0.25, 0.3) is 88.1 Å². The second-order valence-corrected chi connectivity index (χ2v) is 11.7. The van der Waals surface area contributed by atoms with Crippen LogP contribution < -0.4 is 0 Å². The summed E-state index contributed by atoms with van der Waals surface area (Å²) in [6.45, 7) is 4.00. The molecule has 0 aliphatic heterocycles. The fraction of sp³-hybridized carbons (Fsp3) is 0.0455. The van der Waals surface area contributed by atoms with Crippen molar-refractivity contribution in [1.29, 1.82) is 0 Å². The van der Waals surface area contributed by atoms with Gasteiger partial charge in [-0.05, 0) is 59.7 Å². The van der Waals surface area contributed by atoms with E-state index in [1.807, 2.05) is 19.9 Å². The van der Waals surface area contributed by atoms with E-state index in [2.05, 4.69) is 161 Å². The van der Waals surface area contributed by atoms with E-state index in [9.17, 15) is 0 Å². The van der Waals surface area contributed by atoms with Crippen LogP contribution in [-0.4, -0.2) is 9.13 Å². The average molecular weight is 605 g/mol. The maximum atomic E-state index is 6.67. The molecule has 7 aromatic carbocycles. The van der Waals surface area contributed by atoms with Gasteiger partial charge < -0.3 is 13.6 Å². The Morgan fingerprint density at radius 3 is 1.81 bits per heavy atom. The van der Waals surface area contributed by atoms with Gasteiger partial charge in [-0.1, -0.05) is 123 Å². The van der Waals surface area contributed by atoms with Crippen LogP contribution in [0.4, 0.5) is 0 Å². The van der Waals surface area contributed by atoms with Crippen molar-refractivity contribution in [1.82, 2.24) is 9.13 Å². The van der Waals surface area contributed by atoms with Gasteiger partial charge in [-0.25, -0.2) is 0 Å². The molecule has 0 saturated carbocycles. The molecule has 3 heteroatoms. The summed E-state index contributed by atoms with van der Waals surface area (Å²) in [6, 6.07) is 56.5. The van der Waals surface area contributed by atoms with E-state index in [-0.39, 0.29) is 0 Å². The highest BCUT2D eigenvalue weighted by Crippen LogP contribution is 2.44. The van der Waals surface area contributed by atoms with Crippen LogP contribution in [0.2, 0.25) is 0 Å². The Labute approximate surface area is 272 Å². The minimum Gasteiger partial charge on any atom is -0.455 e. The third-order valence-electron chi connectivity index (χ3n) is 9.31. The number of aromatic nitrogens is 2. The highest BCUT2D eigenvalue weighted by Gasteiger charge is 2.23. The summed E-state index contributed by atoms with van der Waals surface area (Å²) in [4.78, 5) is 0. The molecule has 47 heavy (non-hydrogen) atoms. The van der Waals surface area contributed by atoms with Gasteiger partial charge in [0.25, 0.3) is 0 Å². The molecule has 3 heterocycles. The Hall–Kier alpha value is -6.06. The zero-order valence-corrected chi connectivity index (χ0v) is 26.3. The molecule has 10 rings (SSSR count). The topological polar surface area (TPSA) is 23.0 Å². The Bertz CT molecular complexity index is 2710.